The lowest BCUT2D eigenvalue weighted by Gasteiger charge is -2.26. The first-order valence-electron chi connectivity index (χ1n) is 22.2. The number of carboxylic acid groups (broad SMARTS) is 1. The van der Waals surface area contributed by atoms with Crippen molar-refractivity contribution in [2.24, 2.45) is 0 Å². The number of carbonyl (C=O) groups is 3. The van der Waals surface area contributed by atoms with Gasteiger partial charge >= 0.3 is 12.2 Å². The number of sulfonamides is 2. The number of amides is 3. The van der Waals surface area contributed by atoms with Crippen molar-refractivity contribution in [3.05, 3.63) is 125 Å². The predicted octanol–water partition coefficient (Wildman–Crippen LogP) is 4.85. The number of tetrazole rings is 1. The zero-order chi connectivity index (χ0) is 52.2. The highest BCUT2D eigenvalue weighted by molar-refractivity contribution is 7.92. The van der Waals surface area contributed by atoms with Crippen molar-refractivity contribution in [3.63, 3.8) is 0 Å². The molecule has 0 aliphatic carbocycles. The SMILES string of the molecule is COc1ccc(CN(Cc2ccc(OC)cc2)S(=O)(=O)c2c(S(=O)(=O)NCCNC(=O)O)ccc(-c3ccc(N)c(C(=O)NCCNC(=O)OC(C)(C)C)c3)c2-c2nnn(Cc3ccc(OC)cc3)n2)cc1. The molecule has 72 heavy (non-hydrogen) atoms. The molecule has 3 amide bonds. The van der Waals surface area contributed by atoms with E-state index < -0.39 is 60.1 Å². The Morgan fingerprint density at radius 2 is 1.25 bits per heavy atom. The van der Waals surface area contributed by atoms with Crippen LogP contribution >= 0.6 is 0 Å². The third-order valence-electron chi connectivity index (χ3n) is 10.6. The van der Waals surface area contributed by atoms with E-state index in [-0.39, 0.29) is 73.0 Å². The molecule has 382 valence electrons. The topological polar surface area (TPSA) is 298 Å². The Kier molecular flexibility index (Phi) is 17.4. The van der Waals surface area contributed by atoms with Gasteiger partial charge in [0, 0.05) is 45.0 Å². The number of rotatable bonds is 22. The van der Waals surface area contributed by atoms with Crippen molar-refractivity contribution in [2.75, 3.05) is 53.2 Å². The molecular formula is C48H56N10O12S2. The minimum Gasteiger partial charge on any atom is -0.497 e. The van der Waals surface area contributed by atoms with Crippen LogP contribution < -0.4 is 40.6 Å². The van der Waals surface area contributed by atoms with Gasteiger partial charge in [-0.3, -0.25) is 4.79 Å². The van der Waals surface area contributed by atoms with Gasteiger partial charge in [0.05, 0.1) is 39.0 Å². The van der Waals surface area contributed by atoms with E-state index in [4.69, 9.17) is 24.7 Å². The maximum absolute atomic E-state index is 16.0. The van der Waals surface area contributed by atoms with E-state index in [2.05, 4.69) is 36.1 Å². The highest BCUT2D eigenvalue weighted by Gasteiger charge is 2.38. The number of ether oxygens (including phenoxy) is 4. The lowest BCUT2D eigenvalue weighted by Crippen LogP contribution is -2.38. The molecule has 5 aromatic carbocycles. The van der Waals surface area contributed by atoms with Crippen LogP contribution in [0.3, 0.4) is 0 Å². The first-order valence-corrected chi connectivity index (χ1v) is 25.1. The summed E-state index contributed by atoms with van der Waals surface area (Å²) >= 11 is 0. The number of methoxy groups -OCH3 is 3. The molecule has 0 atom stereocenters. The molecule has 0 bridgehead atoms. The molecule has 0 fully saturated rings. The van der Waals surface area contributed by atoms with Gasteiger partial charge in [-0.05, 0) is 108 Å². The van der Waals surface area contributed by atoms with Crippen LogP contribution in [0.1, 0.15) is 47.8 Å². The van der Waals surface area contributed by atoms with Crippen LogP contribution in [0.25, 0.3) is 22.5 Å². The molecule has 0 radical (unpaired) electrons. The fourth-order valence-corrected chi connectivity index (χ4v) is 10.6. The summed E-state index contributed by atoms with van der Waals surface area (Å²) in [6.07, 6.45) is -2.09. The Morgan fingerprint density at radius 1 is 0.708 bits per heavy atom. The Balaban J connectivity index is 1.57. The van der Waals surface area contributed by atoms with Crippen LogP contribution in [0.5, 0.6) is 17.2 Å². The van der Waals surface area contributed by atoms with Crippen molar-refractivity contribution in [2.45, 2.75) is 55.8 Å². The molecule has 1 heterocycles. The molecule has 24 heteroatoms. The van der Waals surface area contributed by atoms with E-state index in [1.807, 2.05) is 0 Å². The minimum atomic E-state index is -5.06. The number of aromatic nitrogens is 4. The van der Waals surface area contributed by atoms with E-state index in [0.717, 1.165) is 10.4 Å². The van der Waals surface area contributed by atoms with Gasteiger partial charge < -0.3 is 45.7 Å². The molecular weight excluding hydrogens is 973 g/mol. The fourth-order valence-electron chi connectivity index (χ4n) is 7.13. The summed E-state index contributed by atoms with van der Waals surface area (Å²) in [5.41, 5.74) is 7.28. The average molecular weight is 1030 g/mol. The smallest absolute Gasteiger partial charge is 0.407 e. The standard InChI is InChI=1S/C48H56N10O12S2/c1-48(2,3)70-47(62)52-24-23-50-45(59)39-27-34(13-21-40(39)49)38-20-22-41(71(63,64)53-26-25-51-46(60)61)43(42(38)44-54-56-58(55-44)30-33-11-18-37(69-6)19-12-33)72(65,66)57(28-31-7-14-35(67-4)15-8-31)29-32-9-16-36(68-5)17-10-32/h7-22,27,51,53H,23-26,28-30,49H2,1-6H3,(H,50,59)(H,52,62)(H,60,61). The first-order chi connectivity index (χ1) is 34.2. The van der Waals surface area contributed by atoms with E-state index in [9.17, 15) is 27.9 Å². The molecule has 0 saturated carbocycles. The van der Waals surface area contributed by atoms with Gasteiger partial charge in [-0.15, -0.1) is 10.2 Å². The van der Waals surface area contributed by atoms with Gasteiger partial charge in [0.2, 0.25) is 25.9 Å². The Labute approximate surface area is 416 Å². The van der Waals surface area contributed by atoms with Gasteiger partial charge in [-0.25, -0.2) is 31.1 Å². The zero-order valence-electron chi connectivity index (χ0n) is 40.3. The number of hydrogen-bond donors (Lipinski definition) is 6. The first kappa shape index (κ1) is 53.5. The van der Waals surface area contributed by atoms with Crippen LogP contribution in [0, 0.1) is 0 Å². The third kappa shape index (κ3) is 14.0. The molecule has 1 aromatic heterocycles. The molecule has 0 saturated heterocycles. The number of benzene rings is 5. The second-order valence-corrected chi connectivity index (χ2v) is 20.5. The lowest BCUT2D eigenvalue weighted by molar-refractivity contribution is 0.0526. The van der Waals surface area contributed by atoms with Crippen LogP contribution in [0.4, 0.5) is 15.3 Å². The van der Waals surface area contributed by atoms with Gasteiger partial charge in [-0.1, -0.05) is 48.5 Å². The van der Waals surface area contributed by atoms with E-state index >= 15 is 8.42 Å². The number of carbonyl (C=O) groups excluding carboxylic acids is 2. The molecule has 0 aliphatic rings. The van der Waals surface area contributed by atoms with E-state index in [1.165, 1.54) is 50.4 Å². The van der Waals surface area contributed by atoms with Crippen molar-refractivity contribution < 1.29 is 55.3 Å². The zero-order valence-corrected chi connectivity index (χ0v) is 42.0. The van der Waals surface area contributed by atoms with Gasteiger partial charge in [0.15, 0.2) is 0 Å². The van der Waals surface area contributed by atoms with E-state index in [0.29, 0.717) is 33.9 Å². The Bertz CT molecular complexity index is 3040. The molecule has 22 nitrogen and oxygen atoms in total. The molecule has 0 aliphatic heterocycles. The monoisotopic (exact) mass is 1030 g/mol. The summed E-state index contributed by atoms with van der Waals surface area (Å²) in [5, 5.41) is 29.8. The van der Waals surface area contributed by atoms with Crippen LogP contribution in [-0.4, -0.2) is 118 Å². The van der Waals surface area contributed by atoms with E-state index in [1.54, 1.807) is 93.6 Å². The van der Waals surface area contributed by atoms with Crippen LogP contribution in [0.2, 0.25) is 0 Å². The molecule has 6 aromatic rings. The maximum atomic E-state index is 16.0. The Morgan fingerprint density at radius 3 is 1.79 bits per heavy atom. The Hall–Kier alpha value is -7.80. The second kappa shape index (κ2) is 23.4. The van der Waals surface area contributed by atoms with Crippen molar-refractivity contribution >= 4 is 43.8 Å². The largest absolute Gasteiger partial charge is 0.497 e. The van der Waals surface area contributed by atoms with Gasteiger partial charge in [0.25, 0.3) is 5.91 Å². The number of alkyl carbamates (subject to hydrolysis) is 1. The normalized spacial score (nSPS) is 11.7. The van der Waals surface area contributed by atoms with Crippen molar-refractivity contribution in [3.8, 4) is 39.8 Å². The molecule has 7 N–H and O–H groups in total. The highest BCUT2D eigenvalue weighted by Crippen LogP contribution is 2.42. The summed E-state index contributed by atoms with van der Waals surface area (Å²) in [6.45, 7) is 3.74. The second-order valence-electron chi connectivity index (χ2n) is 16.9. The summed E-state index contributed by atoms with van der Waals surface area (Å²) in [4.78, 5) is 37.0. The number of nitrogen functional groups attached to an aromatic ring is 1. The van der Waals surface area contributed by atoms with Crippen LogP contribution in [-0.2, 0) is 44.4 Å². The number of hydrogen-bond acceptors (Lipinski definition) is 15. The van der Waals surface area contributed by atoms with Crippen molar-refractivity contribution in [1.82, 2.24) is 45.2 Å². The summed E-state index contributed by atoms with van der Waals surface area (Å²) < 4.78 is 85.9. The fraction of sp³-hybridized carbons (Fsp3) is 0.292. The minimum absolute atomic E-state index is 0.00334. The molecule has 0 unspecified atom stereocenters. The highest BCUT2D eigenvalue weighted by atomic mass is 32.2. The summed E-state index contributed by atoms with van der Waals surface area (Å²) in [5.74, 6) is 0.646. The molecule has 0 spiro atoms. The number of nitrogens with zero attached hydrogens (tertiary/aromatic N) is 5. The summed E-state index contributed by atoms with van der Waals surface area (Å²) in [6, 6.07) is 27.1. The van der Waals surface area contributed by atoms with Crippen molar-refractivity contribution in [1.29, 1.82) is 0 Å². The molecule has 6 rings (SSSR count). The predicted molar refractivity (Wildman–Crippen MR) is 265 cm³/mol. The lowest BCUT2D eigenvalue weighted by atomic mass is 9.96. The van der Waals surface area contributed by atoms with Gasteiger partial charge in [0.1, 0.15) is 32.6 Å². The summed E-state index contributed by atoms with van der Waals surface area (Å²) in [7, 11) is -5.40. The quantitative estimate of drug-likeness (QED) is 0.0391. The van der Waals surface area contributed by atoms with Gasteiger partial charge in [-0.2, -0.15) is 9.10 Å². The number of anilines is 1. The average Bonchev–Trinajstić information content (AvgIpc) is 3.81. The number of nitrogens with one attached hydrogen (secondary N) is 4. The number of nitrogens with two attached hydrogens (primary N) is 1. The van der Waals surface area contributed by atoms with Crippen LogP contribution in [0.15, 0.2) is 113 Å². The maximum Gasteiger partial charge on any atom is 0.407 e. The third-order valence-corrected chi connectivity index (χ3v) is 14.1.